The molecule has 1 fully saturated rings. The number of hydrogen-bond donors (Lipinski definition) is 1. The Morgan fingerprint density at radius 1 is 1.45 bits per heavy atom. The maximum absolute atomic E-state index is 5.60. The third-order valence-corrected chi connectivity index (χ3v) is 4.77. The van der Waals surface area contributed by atoms with E-state index in [1.54, 1.807) is 0 Å². The molecule has 4 nitrogen and oxygen atoms in total. The summed E-state index contributed by atoms with van der Waals surface area (Å²) in [5, 5.41) is 4.43. The van der Waals surface area contributed by atoms with Crippen molar-refractivity contribution in [3.63, 3.8) is 0 Å². The van der Waals surface area contributed by atoms with Crippen LogP contribution in [-0.2, 0) is 16.7 Å². The van der Waals surface area contributed by atoms with Gasteiger partial charge in [-0.25, -0.2) is 4.98 Å². The lowest BCUT2D eigenvalue weighted by Crippen LogP contribution is -2.45. The summed E-state index contributed by atoms with van der Waals surface area (Å²) in [5.74, 6) is 0. The molecule has 2 heterocycles. The molecule has 0 bridgehead atoms. The fraction of sp³-hybridized carbons (Fsp3) is 0.800. The minimum absolute atomic E-state index is 0.0922. The molecule has 0 amide bonds. The van der Waals surface area contributed by atoms with Crippen LogP contribution in [0.2, 0.25) is 0 Å². The smallest absolute Gasteiger partial charge is 0.186 e. The number of thiazole rings is 1. The molecule has 1 aromatic heterocycles. The molecule has 114 valence electrons. The Bertz CT molecular complexity index is 439. The van der Waals surface area contributed by atoms with Gasteiger partial charge in [0.1, 0.15) is 0 Å². The van der Waals surface area contributed by atoms with Gasteiger partial charge in [-0.3, -0.25) is 0 Å². The molecule has 0 aromatic carbocycles. The van der Waals surface area contributed by atoms with Crippen molar-refractivity contribution in [3.8, 4) is 0 Å². The summed E-state index contributed by atoms with van der Waals surface area (Å²) in [5.41, 5.74) is 1.32. The van der Waals surface area contributed by atoms with E-state index in [2.05, 4.69) is 37.9 Å². The van der Waals surface area contributed by atoms with Crippen LogP contribution < -0.4 is 10.2 Å². The lowest BCUT2D eigenvalue weighted by Gasteiger charge is -2.34. The monoisotopic (exact) mass is 297 g/mol. The largest absolute Gasteiger partial charge is 0.377 e. The van der Waals surface area contributed by atoms with Gasteiger partial charge in [0.2, 0.25) is 0 Å². The van der Waals surface area contributed by atoms with Gasteiger partial charge < -0.3 is 15.0 Å². The number of anilines is 1. The number of nitrogens with one attached hydrogen (secondary N) is 1. The van der Waals surface area contributed by atoms with Crippen LogP contribution in [0.25, 0.3) is 0 Å². The fourth-order valence-corrected chi connectivity index (χ4v) is 3.95. The molecule has 20 heavy (non-hydrogen) atoms. The second kappa shape index (κ2) is 6.41. The van der Waals surface area contributed by atoms with Gasteiger partial charge in [-0.05, 0) is 13.5 Å². The first-order valence-corrected chi connectivity index (χ1v) is 8.28. The van der Waals surface area contributed by atoms with E-state index in [-0.39, 0.29) is 5.41 Å². The maximum atomic E-state index is 5.60. The predicted molar refractivity (Wildman–Crippen MR) is 85.8 cm³/mol. The summed E-state index contributed by atoms with van der Waals surface area (Å²) in [6.45, 7) is 12.4. The molecule has 5 heteroatoms. The van der Waals surface area contributed by atoms with E-state index in [0.29, 0.717) is 6.04 Å². The summed E-state index contributed by atoms with van der Waals surface area (Å²) in [6, 6.07) is 0.463. The number of morpholine rings is 1. The van der Waals surface area contributed by atoms with Gasteiger partial charge in [0.05, 0.1) is 24.9 Å². The zero-order valence-electron chi connectivity index (χ0n) is 13.3. The van der Waals surface area contributed by atoms with Gasteiger partial charge in [0.25, 0.3) is 0 Å². The van der Waals surface area contributed by atoms with Gasteiger partial charge in [0.15, 0.2) is 5.13 Å². The zero-order chi connectivity index (χ0) is 14.8. The Morgan fingerprint density at radius 2 is 2.20 bits per heavy atom. The summed E-state index contributed by atoms with van der Waals surface area (Å²) < 4.78 is 5.60. The van der Waals surface area contributed by atoms with Gasteiger partial charge in [0, 0.05) is 23.4 Å². The third-order valence-electron chi connectivity index (χ3n) is 3.68. The van der Waals surface area contributed by atoms with Crippen LogP contribution in [0.1, 0.15) is 44.7 Å². The van der Waals surface area contributed by atoms with Gasteiger partial charge in [-0.1, -0.05) is 27.7 Å². The topological polar surface area (TPSA) is 37.4 Å². The van der Waals surface area contributed by atoms with E-state index in [9.17, 15) is 0 Å². The molecule has 0 radical (unpaired) electrons. The quantitative estimate of drug-likeness (QED) is 0.927. The number of aromatic nitrogens is 1. The average Bonchev–Trinajstić information content (AvgIpc) is 2.83. The van der Waals surface area contributed by atoms with Crippen LogP contribution in [0.3, 0.4) is 0 Å². The Morgan fingerprint density at radius 3 is 2.80 bits per heavy atom. The normalized spacial score (nSPS) is 20.4. The molecule has 1 aliphatic heterocycles. The van der Waals surface area contributed by atoms with E-state index < -0.39 is 0 Å². The Balaban J connectivity index is 2.32. The highest BCUT2D eigenvalue weighted by atomic mass is 32.1. The van der Waals surface area contributed by atoms with Gasteiger partial charge in [-0.15, -0.1) is 11.3 Å². The van der Waals surface area contributed by atoms with Crippen LogP contribution >= 0.6 is 11.3 Å². The molecule has 0 saturated carbocycles. The number of nitrogens with zero attached hydrogens (tertiary/aromatic N) is 2. The Kier molecular flexibility index (Phi) is 5.04. The van der Waals surface area contributed by atoms with Crippen molar-refractivity contribution in [2.75, 3.05) is 31.7 Å². The Labute approximate surface area is 126 Å². The first kappa shape index (κ1) is 15.7. The summed E-state index contributed by atoms with van der Waals surface area (Å²) in [7, 11) is 2.00. The van der Waals surface area contributed by atoms with Gasteiger partial charge >= 0.3 is 0 Å². The van der Waals surface area contributed by atoms with E-state index in [0.717, 1.165) is 37.9 Å². The van der Waals surface area contributed by atoms with Crippen LogP contribution in [0, 0.1) is 0 Å². The molecule has 1 aliphatic rings. The zero-order valence-corrected chi connectivity index (χ0v) is 14.1. The van der Waals surface area contributed by atoms with Crippen molar-refractivity contribution >= 4 is 16.5 Å². The molecule has 2 rings (SSSR count). The van der Waals surface area contributed by atoms with E-state index in [1.807, 2.05) is 18.4 Å². The number of hydrogen-bond acceptors (Lipinski definition) is 5. The molecule has 1 unspecified atom stereocenters. The van der Waals surface area contributed by atoms with Crippen molar-refractivity contribution in [1.82, 2.24) is 10.3 Å². The van der Waals surface area contributed by atoms with E-state index in [4.69, 9.17) is 9.72 Å². The first-order valence-electron chi connectivity index (χ1n) is 7.46. The van der Waals surface area contributed by atoms with Crippen molar-refractivity contribution in [1.29, 1.82) is 0 Å². The van der Waals surface area contributed by atoms with Gasteiger partial charge in [-0.2, -0.15) is 0 Å². The summed E-state index contributed by atoms with van der Waals surface area (Å²) in [4.78, 5) is 8.76. The molecule has 1 aromatic rings. The summed E-state index contributed by atoms with van der Waals surface area (Å²) >= 11 is 1.83. The average molecular weight is 297 g/mol. The molecule has 1 atom stereocenters. The number of ether oxygens (including phenoxy) is 1. The predicted octanol–water partition coefficient (Wildman–Crippen LogP) is 2.78. The molecule has 1 saturated heterocycles. The second-order valence-electron chi connectivity index (χ2n) is 6.38. The fourth-order valence-electron chi connectivity index (χ4n) is 2.57. The Hall–Kier alpha value is -0.650. The lowest BCUT2D eigenvalue weighted by atomic mass is 9.91. The maximum Gasteiger partial charge on any atom is 0.186 e. The lowest BCUT2D eigenvalue weighted by molar-refractivity contribution is 0.0929. The highest BCUT2D eigenvalue weighted by Gasteiger charge is 2.28. The van der Waals surface area contributed by atoms with Crippen LogP contribution in [0.5, 0.6) is 0 Å². The van der Waals surface area contributed by atoms with Crippen LogP contribution in [-0.4, -0.2) is 37.8 Å². The third kappa shape index (κ3) is 3.32. The SMILES string of the molecule is CCC1COCCN1c1nc(C(C)(C)C)c(CNC)s1. The second-order valence-corrected chi connectivity index (χ2v) is 7.44. The van der Waals surface area contributed by atoms with E-state index >= 15 is 0 Å². The number of rotatable bonds is 4. The van der Waals surface area contributed by atoms with Crippen molar-refractivity contribution < 1.29 is 4.74 Å². The van der Waals surface area contributed by atoms with Crippen LogP contribution in [0.4, 0.5) is 5.13 Å². The molecule has 1 N–H and O–H groups in total. The van der Waals surface area contributed by atoms with E-state index in [1.165, 1.54) is 10.6 Å². The minimum Gasteiger partial charge on any atom is -0.377 e. The highest BCUT2D eigenvalue weighted by molar-refractivity contribution is 7.15. The van der Waals surface area contributed by atoms with Crippen molar-refractivity contribution in [3.05, 3.63) is 10.6 Å². The first-order chi connectivity index (χ1) is 9.47. The molecule has 0 aliphatic carbocycles. The van der Waals surface area contributed by atoms with Crippen molar-refractivity contribution in [2.45, 2.75) is 52.1 Å². The molecular weight excluding hydrogens is 270 g/mol. The standard InChI is InChI=1S/C15H27N3OS/c1-6-11-10-19-8-7-18(11)14-17-13(15(2,3)4)12(20-14)9-16-5/h11,16H,6-10H2,1-5H3. The molecular formula is C15H27N3OS. The highest BCUT2D eigenvalue weighted by Crippen LogP contribution is 2.35. The van der Waals surface area contributed by atoms with Crippen molar-refractivity contribution in [2.24, 2.45) is 0 Å². The minimum atomic E-state index is 0.0922. The summed E-state index contributed by atoms with van der Waals surface area (Å²) in [6.07, 6.45) is 1.10. The molecule has 0 spiro atoms. The van der Waals surface area contributed by atoms with Crippen LogP contribution in [0.15, 0.2) is 0 Å².